The minimum Gasteiger partial charge on any atom is -0.361 e. The predicted molar refractivity (Wildman–Crippen MR) is 98.0 cm³/mol. The number of benzene rings is 1. The monoisotopic (exact) mass is 384 g/mol. The molecule has 9 nitrogen and oxygen atoms in total. The van der Waals surface area contributed by atoms with E-state index in [1.165, 1.54) is 29.2 Å². The van der Waals surface area contributed by atoms with Crippen LogP contribution >= 0.6 is 0 Å². The first-order valence-electron chi connectivity index (χ1n) is 8.81. The number of carbonyl (C=O) groups is 4. The lowest BCUT2D eigenvalue weighted by Crippen LogP contribution is -2.36. The molecule has 1 aromatic carbocycles. The van der Waals surface area contributed by atoms with E-state index in [-0.39, 0.29) is 41.9 Å². The number of hydrogen-bond acceptors (Lipinski definition) is 6. The molecular formula is C19H20N4O5. The Balaban J connectivity index is 1.57. The van der Waals surface area contributed by atoms with Crippen molar-refractivity contribution in [3.63, 3.8) is 0 Å². The third kappa shape index (κ3) is 3.64. The van der Waals surface area contributed by atoms with E-state index >= 15 is 0 Å². The third-order valence-corrected chi connectivity index (χ3v) is 4.25. The van der Waals surface area contributed by atoms with Crippen molar-refractivity contribution in [3.8, 4) is 0 Å². The minimum atomic E-state index is -0.405. The SMILES string of the molecule is Cc1cc(C(=O)NCCNC(=O)c2ccc3c(c2)C(=O)N(C(C)C)C3=O)no1. The van der Waals surface area contributed by atoms with Gasteiger partial charge in [-0.3, -0.25) is 24.1 Å². The fourth-order valence-electron chi connectivity index (χ4n) is 2.89. The van der Waals surface area contributed by atoms with Gasteiger partial charge in [-0.15, -0.1) is 0 Å². The van der Waals surface area contributed by atoms with Gasteiger partial charge in [-0.25, -0.2) is 0 Å². The molecule has 2 aromatic rings. The second-order valence-electron chi connectivity index (χ2n) is 6.67. The molecule has 2 N–H and O–H groups in total. The van der Waals surface area contributed by atoms with Crippen LogP contribution in [-0.2, 0) is 0 Å². The molecule has 9 heteroatoms. The van der Waals surface area contributed by atoms with Gasteiger partial charge in [0, 0.05) is 30.8 Å². The van der Waals surface area contributed by atoms with Gasteiger partial charge in [0.1, 0.15) is 5.76 Å². The van der Waals surface area contributed by atoms with E-state index in [1.807, 2.05) is 0 Å². The summed E-state index contributed by atoms with van der Waals surface area (Å²) >= 11 is 0. The van der Waals surface area contributed by atoms with Crippen LogP contribution in [0.3, 0.4) is 0 Å². The summed E-state index contributed by atoms with van der Waals surface area (Å²) in [6.45, 7) is 5.57. The number of carbonyl (C=O) groups excluding carboxylic acids is 4. The molecule has 1 aliphatic rings. The van der Waals surface area contributed by atoms with E-state index in [1.54, 1.807) is 20.8 Å². The number of hydrogen-bond donors (Lipinski definition) is 2. The molecule has 0 saturated carbocycles. The Labute approximate surface area is 161 Å². The zero-order valence-electron chi connectivity index (χ0n) is 15.7. The van der Waals surface area contributed by atoms with Crippen LogP contribution in [0, 0.1) is 6.92 Å². The highest BCUT2D eigenvalue weighted by molar-refractivity contribution is 6.22. The highest BCUT2D eigenvalue weighted by Gasteiger charge is 2.37. The van der Waals surface area contributed by atoms with Crippen LogP contribution in [-0.4, -0.2) is 52.8 Å². The number of amides is 4. The Bertz CT molecular complexity index is 963. The van der Waals surface area contributed by atoms with E-state index < -0.39 is 17.7 Å². The van der Waals surface area contributed by atoms with Crippen molar-refractivity contribution < 1.29 is 23.7 Å². The maximum absolute atomic E-state index is 12.4. The van der Waals surface area contributed by atoms with Crippen molar-refractivity contribution in [3.05, 3.63) is 52.4 Å². The van der Waals surface area contributed by atoms with Crippen molar-refractivity contribution in [2.24, 2.45) is 0 Å². The average Bonchev–Trinajstić information content (AvgIpc) is 3.20. The van der Waals surface area contributed by atoms with Gasteiger partial charge in [0.2, 0.25) is 0 Å². The number of rotatable bonds is 6. The van der Waals surface area contributed by atoms with Gasteiger partial charge in [0.15, 0.2) is 5.69 Å². The summed E-state index contributed by atoms with van der Waals surface area (Å²) in [6, 6.07) is 5.66. The Morgan fingerprint density at radius 1 is 1.04 bits per heavy atom. The second-order valence-corrected chi connectivity index (χ2v) is 6.67. The van der Waals surface area contributed by atoms with Gasteiger partial charge in [-0.2, -0.15) is 0 Å². The van der Waals surface area contributed by atoms with Gasteiger partial charge in [-0.05, 0) is 39.0 Å². The Kier molecular flexibility index (Phi) is 5.25. The van der Waals surface area contributed by atoms with Crippen molar-refractivity contribution in [1.82, 2.24) is 20.7 Å². The van der Waals surface area contributed by atoms with Crippen LogP contribution in [0.15, 0.2) is 28.8 Å². The molecule has 4 amide bonds. The zero-order valence-corrected chi connectivity index (χ0v) is 15.7. The molecule has 1 aromatic heterocycles. The number of aryl methyl sites for hydroxylation is 1. The fraction of sp³-hybridized carbons (Fsp3) is 0.316. The molecule has 0 atom stereocenters. The fourth-order valence-corrected chi connectivity index (χ4v) is 2.89. The molecular weight excluding hydrogens is 364 g/mol. The third-order valence-electron chi connectivity index (χ3n) is 4.25. The van der Waals surface area contributed by atoms with Gasteiger partial charge < -0.3 is 15.2 Å². The molecule has 0 unspecified atom stereocenters. The molecule has 146 valence electrons. The normalized spacial score (nSPS) is 13.1. The van der Waals surface area contributed by atoms with E-state index in [0.29, 0.717) is 11.3 Å². The quantitative estimate of drug-likeness (QED) is 0.569. The first-order chi connectivity index (χ1) is 13.3. The summed E-state index contributed by atoms with van der Waals surface area (Å²) < 4.78 is 4.83. The maximum Gasteiger partial charge on any atom is 0.273 e. The molecule has 2 heterocycles. The maximum atomic E-state index is 12.4. The topological polar surface area (TPSA) is 122 Å². The predicted octanol–water partition coefficient (Wildman–Crippen LogP) is 1.15. The molecule has 0 saturated heterocycles. The van der Waals surface area contributed by atoms with E-state index in [2.05, 4.69) is 15.8 Å². The van der Waals surface area contributed by atoms with Crippen LogP contribution in [0.2, 0.25) is 0 Å². The first kappa shape index (κ1) is 19.3. The number of nitrogens with one attached hydrogen (secondary N) is 2. The number of aromatic nitrogens is 1. The van der Waals surface area contributed by atoms with E-state index in [0.717, 1.165) is 0 Å². The van der Waals surface area contributed by atoms with Crippen LogP contribution < -0.4 is 10.6 Å². The smallest absolute Gasteiger partial charge is 0.273 e. The van der Waals surface area contributed by atoms with Crippen LogP contribution in [0.4, 0.5) is 0 Å². The summed E-state index contributed by atoms with van der Waals surface area (Å²) in [4.78, 5) is 50.0. The summed E-state index contributed by atoms with van der Waals surface area (Å²) in [5.41, 5.74) is 0.954. The second kappa shape index (κ2) is 7.63. The molecule has 0 aliphatic carbocycles. The summed E-state index contributed by atoms with van der Waals surface area (Å²) in [5.74, 6) is -1.04. The average molecular weight is 384 g/mol. The summed E-state index contributed by atoms with van der Waals surface area (Å²) in [5, 5.41) is 8.87. The Hall–Kier alpha value is -3.49. The summed E-state index contributed by atoms with van der Waals surface area (Å²) in [6.07, 6.45) is 0. The first-order valence-corrected chi connectivity index (χ1v) is 8.81. The molecule has 28 heavy (non-hydrogen) atoms. The summed E-state index contributed by atoms with van der Waals surface area (Å²) in [7, 11) is 0. The minimum absolute atomic E-state index is 0.167. The number of fused-ring (bicyclic) bond motifs is 1. The zero-order chi connectivity index (χ0) is 20.4. The largest absolute Gasteiger partial charge is 0.361 e. The van der Waals surface area contributed by atoms with Gasteiger partial charge in [-0.1, -0.05) is 5.16 Å². The van der Waals surface area contributed by atoms with Crippen LogP contribution in [0.5, 0.6) is 0 Å². The lowest BCUT2D eigenvalue weighted by Gasteiger charge is -2.17. The van der Waals surface area contributed by atoms with Crippen LogP contribution in [0.1, 0.15) is 61.2 Å². The lowest BCUT2D eigenvalue weighted by molar-refractivity contribution is 0.0608. The van der Waals surface area contributed by atoms with Crippen LogP contribution in [0.25, 0.3) is 0 Å². The van der Waals surface area contributed by atoms with E-state index in [9.17, 15) is 19.2 Å². The highest BCUT2D eigenvalue weighted by Crippen LogP contribution is 2.25. The number of imide groups is 1. The van der Waals surface area contributed by atoms with E-state index in [4.69, 9.17) is 4.52 Å². The highest BCUT2D eigenvalue weighted by atomic mass is 16.5. The molecule has 1 aliphatic heterocycles. The van der Waals surface area contributed by atoms with Gasteiger partial charge in [0.05, 0.1) is 11.1 Å². The molecule has 0 bridgehead atoms. The van der Waals surface area contributed by atoms with Gasteiger partial charge in [0.25, 0.3) is 23.6 Å². The van der Waals surface area contributed by atoms with Crippen molar-refractivity contribution in [1.29, 1.82) is 0 Å². The lowest BCUT2D eigenvalue weighted by atomic mass is 10.1. The van der Waals surface area contributed by atoms with Crippen molar-refractivity contribution >= 4 is 23.6 Å². The number of nitrogens with zero attached hydrogens (tertiary/aromatic N) is 2. The standard InChI is InChI=1S/C19H20N4O5/c1-10(2)23-18(26)13-5-4-12(9-14(13)19(23)27)16(24)20-6-7-21-17(25)15-8-11(3)28-22-15/h4-5,8-10H,6-7H2,1-3H3,(H,20,24)(H,21,25). The van der Waals surface area contributed by atoms with Gasteiger partial charge >= 0.3 is 0 Å². The molecule has 0 fully saturated rings. The molecule has 3 rings (SSSR count). The van der Waals surface area contributed by atoms with Crippen molar-refractivity contribution in [2.75, 3.05) is 13.1 Å². The molecule has 0 spiro atoms. The molecule has 0 radical (unpaired) electrons. The Morgan fingerprint density at radius 2 is 1.68 bits per heavy atom. The Morgan fingerprint density at radius 3 is 2.29 bits per heavy atom. The van der Waals surface area contributed by atoms with Crippen molar-refractivity contribution in [2.45, 2.75) is 26.8 Å².